The Balaban J connectivity index is 1.37. The van der Waals surface area contributed by atoms with Gasteiger partial charge >= 0.3 is 0 Å². The van der Waals surface area contributed by atoms with Crippen molar-refractivity contribution in [3.8, 4) is 0 Å². The second-order valence-electron chi connectivity index (χ2n) is 6.38. The number of allylic oxidation sites excluding steroid dienone is 1. The summed E-state index contributed by atoms with van der Waals surface area (Å²) in [6.45, 7) is 0. The number of carbonyl (C=O) groups is 2. The first-order valence-corrected chi connectivity index (χ1v) is 10.4. The topological polar surface area (TPSA) is 70.6 Å². The van der Waals surface area contributed by atoms with Crippen molar-refractivity contribution in [1.29, 1.82) is 0 Å². The third kappa shape index (κ3) is 3.53. The van der Waals surface area contributed by atoms with E-state index in [9.17, 15) is 14.0 Å². The quantitative estimate of drug-likeness (QED) is 0.827. The smallest absolute Gasteiger partial charge is 0.236 e. The fourth-order valence-corrected chi connectivity index (χ4v) is 5.71. The Hall–Kier alpha value is -1.80. The molecule has 1 aromatic carbocycles. The Labute approximate surface area is 159 Å². The Morgan fingerprint density at radius 1 is 1.35 bits per heavy atom. The van der Waals surface area contributed by atoms with Crippen LogP contribution in [0.3, 0.4) is 0 Å². The fourth-order valence-electron chi connectivity index (χ4n) is 3.43. The highest BCUT2D eigenvalue weighted by Crippen LogP contribution is 2.50. The number of benzene rings is 1. The number of thioether (sulfide) groups is 2. The lowest BCUT2D eigenvalue weighted by molar-refractivity contribution is -0.122. The number of nitrogens with one attached hydrogen (secondary N) is 2. The maximum absolute atomic E-state index is 13.6. The van der Waals surface area contributed by atoms with E-state index in [4.69, 9.17) is 0 Å². The van der Waals surface area contributed by atoms with Gasteiger partial charge < -0.3 is 10.6 Å². The highest BCUT2D eigenvalue weighted by molar-refractivity contribution is 8.14. The maximum atomic E-state index is 13.6. The third-order valence-corrected chi connectivity index (χ3v) is 6.88. The van der Waals surface area contributed by atoms with Gasteiger partial charge in [0.2, 0.25) is 11.8 Å². The van der Waals surface area contributed by atoms with E-state index in [1.807, 2.05) is 0 Å². The van der Waals surface area contributed by atoms with Gasteiger partial charge in [0.1, 0.15) is 11.2 Å². The summed E-state index contributed by atoms with van der Waals surface area (Å²) < 4.78 is 13.6. The van der Waals surface area contributed by atoms with Gasteiger partial charge in [0.25, 0.3) is 0 Å². The molecule has 0 bridgehead atoms. The van der Waals surface area contributed by atoms with Gasteiger partial charge in [0.15, 0.2) is 5.17 Å². The molecule has 8 heteroatoms. The lowest BCUT2D eigenvalue weighted by Gasteiger charge is -2.25. The molecule has 2 aliphatic heterocycles. The van der Waals surface area contributed by atoms with Gasteiger partial charge in [0.05, 0.1) is 17.4 Å². The first kappa shape index (κ1) is 17.6. The zero-order valence-electron chi connectivity index (χ0n) is 14.0. The molecule has 26 heavy (non-hydrogen) atoms. The number of para-hydroxylation sites is 1. The van der Waals surface area contributed by atoms with Gasteiger partial charge in [-0.25, -0.2) is 9.38 Å². The van der Waals surface area contributed by atoms with E-state index in [1.54, 1.807) is 23.9 Å². The number of hydrogen-bond acceptors (Lipinski definition) is 5. The van der Waals surface area contributed by atoms with Crippen molar-refractivity contribution in [3.63, 3.8) is 0 Å². The minimum atomic E-state index is -0.476. The Kier molecular flexibility index (Phi) is 5.04. The zero-order chi connectivity index (χ0) is 18.1. The molecular formula is C18H18FN3O2S2. The number of anilines is 1. The molecule has 0 radical (unpaired) electrons. The van der Waals surface area contributed by atoms with Crippen molar-refractivity contribution >= 4 is 46.2 Å². The third-order valence-electron chi connectivity index (χ3n) is 4.63. The molecule has 1 aliphatic carbocycles. The van der Waals surface area contributed by atoms with E-state index in [0.29, 0.717) is 5.17 Å². The fraction of sp³-hybridized carbons (Fsp3) is 0.389. The molecule has 0 saturated carbocycles. The highest BCUT2D eigenvalue weighted by atomic mass is 32.2. The van der Waals surface area contributed by atoms with Gasteiger partial charge in [-0.15, -0.1) is 11.8 Å². The van der Waals surface area contributed by atoms with Crippen LogP contribution in [0.1, 0.15) is 25.7 Å². The van der Waals surface area contributed by atoms with Crippen LogP contribution in [-0.4, -0.2) is 28.1 Å². The highest BCUT2D eigenvalue weighted by Gasteiger charge is 2.43. The molecule has 0 spiro atoms. The van der Waals surface area contributed by atoms with E-state index in [0.717, 1.165) is 19.3 Å². The Morgan fingerprint density at radius 3 is 3.00 bits per heavy atom. The van der Waals surface area contributed by atoms with Crippen LogP contribution in [0.4, 0.5) is 10.1 Å². The summed E-state index contributed by atoms with van der Waals surface area (Å²) in [6, 6.07) is 6.02. The van der Waals surface area contributed by atoms with Gasteiger partial charge in [-0.1, -0.05) is 23.9 Å². The standard InChI is InChI=1S/C18H18FN3O2S2/c19-11-6-2-3-7-12(11)20-14(23)9-25-18-21-16(24)15-10-5-1-4-8-13(10)26-17(15)22-18/h2-3,6-7,15,17H,1,4-5,8-9H2,(H,20,23)(H,21,22,24). The average Bonchev–Trinajstić information content (AvgIpc) is 3.01. The number of amidine groups is 1. The minimum Gasteiger partial charge on any atom is -0.323 e. The molecule has 1 aromatic rings. The van der Waals surface area contributed by atoms with E-state index < -0.39 is 5.82 Å². The lowest BCUT2D eigenvalue weighted by atomic mass is 9.88. The van der Waals surface area contributed by atoms with Crippen LogP contribution in [0, 0.1) is 11.7 Å². The van der Waals surface area contributed by atoms with Crippen LogP contribution >= 0.6 is 23.5 Å². The number of aliphatic imine (C=N–C) groups is 1. The number of amides is 2. The number of rotatable bonds is 3. The summed E-state index contributed by atoms with van der Waals surface area (Å²) in [7, 11) is 0. The molecule has 3 aliphatic rings. The van der Waals surface area contributed by atoms with Crippen LogP contribution in [-0.2, 0) is 9.59 Å². The van der Waals surface area contributed by atoms with Crippen LogP contribution in [0.25, 0.3) is 0 Å². The van der Waals surface area contributed by atoms with E-state index in [-0.39, 0.29) is 34.5 Å². The van der Waals surface area contributed by atoms with Gasteiger partial charge in [-0.2, -0.15) is 0 Å². The Morgan fingerprint density at radius 2 is 2.15 bits per heavy atom. The summed E-state index contributed by atoms with van der Waals surface area (Å²) in [6.07, 6.45) is 4.34. The molecule has 5 nitrogen and oxygen atoms in total. The molecule has 2 N–H and O–H groups in total. The van der Waals surface area contributed by atoms with Gasteiger partial charge in [0, 0.05) is 0 Å². The number of hydrogen-bond donors (Lipinski definition) is 2. The number of carbonyl (C=O) groups excluding carboxylic acids is 2. The number of halogens is 1. The van der Waals surface area contributed by atoms with Crippen molar-refractivity contribution < 1.29 is 14.0 Å². The molecule has 0 aromatic heterocycles. The summed E-state index contributed by atoms with van der Waals surface area (Å²) in [5, 5.41) is 5.71. The molecule has 2 unspecified atom stereocenters. The van der Waals surface area contributed by atoms with Crippen molar-refractivity contribution in [2.45, 2.75) is 31.1 Å². The monoisotopic (exact) mass is 391 g/mol. The lowest BCUT2D eigenvalue weighted by Crippen LogP contribution is -2.43. The second kappa shape index (κ2) is 7.44. The van der Waals surface area contributed by atoms with Gasteiger partial charge in [-0.05, 0) is 48.3 Å². The normalized spacial score (nSPS) is 24.5. The molecule has 2 amide bonds. The van der Waals surface area contributed by atoms with Crippen LogP contribution in [0.5, 0.6) is 0 Å². The van der Waals surface area contributed by atoms with E-state index in [2.05, 4.69) is 15.6 Å². The number of nitrogens with zero attached hydrogens (tertiary/aromatic N) is 1. The maximum Gasteiger partial charge on any atom is 0.236 e. The van der Waals surface area contributed by atoms with Crippen LogP contribution < -0.4 is 10.6 Å². The SMILES string of the molecule is O=C(CSC1=NC2SC3=C(CCCC3)C2C(=O)N1)Nc1ccccc1F. The molecule has 4 rings (SSSR count). The second-order valence-corrected chi connectivity index (χ2v) is 8.56. The van der Waals surface area contributed by atoms with Crippen LogP contribution in [0.15, 0.2) is 39.7 Å². The summed E-state index contributed by atoms with van der Waals surface area (Å²) >= 11 is 2.86. The van der Waals surface area contributed by atoms with E-state index in [1.165, 1.54) is 40.8 Å². The first-order chi connectivity index (χ1) is 12.6. The predicted octanol–water partition coefficient (Wildman–Crippen LogP) is 3.50. The van der Waals surface area contributed by atoms with Crippen LogP contribution in [0.2, 0.25) is 0 Å². The van der Waals surface area contributed by atoms with Crippen molar-refractivity contribution in [3.05, 3.63) is 40.6 Å². The molecular weight excluding hydrogens is 373 g/mol. The van der Waals surface area contributed by atoms with Crippen molar-refractivity contribution in [2.75, 3.05) is 11.1 Å². The molecule has 0 saturated heterocycles. The molecule has 2 atom stereocenters. The van der Waals surface area contributed by atoms with Crippen molar-refractivity contribution in [2.24, 2.45) is 10.9 Å². The van der Waals surface area contributed by atoms with E-state index >= 15 is 0 Å². The summed E-state index contributed by atoms with van der Waals surface area (Å²) in [5.41, 5.74) is 1.41. The average molecular weight is 391 g/mol. The molecule has 2 heterocycles. The zero-order valence-corrected chi connectivity index (χ0v) is 15.6. The summed E-state index contributed by atoms with van der Waals surface area (Å²) in [5.74, 6) is -0.942. The van der Waals surface area contributed by atoms with Gasteiger partial charge in [-0.3, -0.25) is 9.59 Å². The minimum absolute atomic E-state index is 0.0265. The Bertz CT molecular complexity index is 824. The predicted molar refractivity (Wildman–Crippen MR) is 103 cm³/mol. The van der Waals surface area contributed by atoms with Crippen molar-refractivity contribution in [1.82, 2.24) is 5.32 Å². The largest absolute Gasteiger partial charge is 0.323 e. The summed E-state index contributed by atoms with van der Waals surface area (Å²) in [4.78, 5) is 30.5. The number of fused-ring (bicyclic) bond motifs is 2. The molecule has 136 valence electrons. The first-order valence-electron chi connectivity index (χ1n) is 8.56. The molecule has 0 fully saturated rings.